The van der Waals surface area contributed by atoms with Gasteiger partial charge in [0.25, 0.3) is 0 Å². The molecule has 0 atom stereocenters. The fraction of sp³-hybridized carbons (Fsp3) is 0.375. The van der Waals surface area contributed by atoms with Crippen LogP contribution in [0.1, 0.15) is 25.8 Å². The molecule has 0 saturated carbocycles. The fourth-order valence-corrected chi connectivity index (χ4v) is 2.01. The molecule has 4 heteroatoms. The van der Waals surface area contributed by atoms with E-state index < -0.39 is 0 Å². The van der Waals surface area contributed by atoms with E-state index in [9.17, 15) is 9.59 Å². The summed E-state index contributed by atoms with van der Waals surface area (Å²) in [5.41, 5.74) is 1.99. The van der Waals surface area contributed by atoms with Crippen molar-refractivity contribution in [1.29, 1.82) is 0 Å². The number of carbonyl (C=O) groups excluding carboxylic acids is 2. The quantitative estimate of drug-likeness (QED) is 0.776. The maximum Gasteiger partial charge on any atom is 0.223 e. The number of carbonyl (C=O) groups is 2. The first-order valence-corrected chi connectivity index (χ1v) is 6.83. The van der Waals surface area contributed by atoms with Crippen molar-refractivity contribution in [2.24, 2.45) is 0 Å². The highest BCUT2D eigenvalue weighted by atomic mass is 16.2. The van der Waals surface area contributed by atoms with Crippen LogP contribution in [0, 0.1) is 0 Å². The zero-order chi connectivity index (χ0) is 15.0. The molecular formula is C16H22N2O2. The van der Waals surface area contributed by atoms with Crippen LogP contribution in [0.5, 0.6) is 0 Å². The molecule has 0 radical (unpaired) electrons. The molecule has 0 fully saturated rings. The number of anilines is 1. The number of para-hydroxylation sites is 1. The average Bonchev–Trinajstić information content (AvgIpc) is 2.45. The summed E-state index contributed by atoms with van der Waals surface area (Å²) in [6.07, 6.45) is 2.76. The summed E-state index contributed by atoms with van der Waals surface area (Å²) in [7, 11) is 0. The van der Waals surface area contributed by atoms with Gasteiger partial charge in [-0.05, 0) is 18.1 Å². The van der Waals surface area contributed by atoms with Crippen LogP contribution in [0.25, 0.3) is 0 Å². The maximum atomic E-state index is 11.8. The summed E-state index contributed by atoms with van der Waals surface area (Å²) in [5.74, 6) is -0.132. The monoisotopic (exact) mass is 274 g/mol. The minimum atomic E-state index is -0.0786. The molecule has 0 saturated heterocycles. The molecule has 0 bridgehead atoms. The van der Waals surface area contributed by atoms with E-state index in [0.29, 0.717) is 13.1 Å². The molecule has 0 aliphatic heterocycles. The number of nitrogens with zero attached hydrogens (tertiary/aromatic N) is 1. The third-order valence-corrected chi connectivity index (χ3v) is 3.05. The molecule has 108 valence electrons. The van der Waals surface area contributed by atoms with E-state index in [1.807, 2.05) is 31.2 Å². The number of amides is 2. The van der Waals surface area contributed by atoms with Crippen LogP contribution in [-0.2, 0) is 16.0 Å². The first-order valence-electron chi connectivity index (χ1n) is 6.83. The predicted molar refractivity (Wildman–Crippen MR) is 81.7 cm³/mol. The Morgan fingerprint density at radius 1 is 1.35 bits per heavy atom. The second kappa shape index (κ2) is 8.15. The smallest absolute Gasteiger partial charge is 0.223 e. The lowest BCUT2D eigenvalue weighted by Gasteiger charge is -2.23. The van der Waals surface area contributed by atoms with Crippen LogP contribution in [0.2, 0.25) is 0 Å². The summed E-state index contributed by atoms with van der Waals surface area (Å²) < 4.78 is 0. The van der Waals surface area contributed by atoms with E-state index in [1.165, 1.54) is 6.92 Å². The first kappa shape index (κ1) is 16.0. The highest BCUT2D eigenvalue weighted by Crippen LogP contribution is 2.21. The number of benzene rings is 1. The van der Waals surface area contributed by atoms with Gasteiger partial charge in [0.2, 0.25) is 11.8 Å². The Labute approximate surface area is 120 Å². The van der Waals surface area contributed by atoms with Crippen LogP contribution >= 0.6 is 0 Å². The zero-order valence-electron chi connectivity index (χ0n) is 12.2. The summed E-state index contributed by atoms with van der Waals surface area (Å²) in [6.45, 7) is 7.95. The molecule has 1 rings (SSSR count). The van der Waals surface area contributed by atoms with Gasteiger partial charge in [0.15, 0.2) is 0 Å². The van der Waals surface area contributed by atoms with Gasteiger partial charge in [-0.2, -0.15) is 0 Å². The van der Waals surface area contributed by atoms with Crippen LogP contribution in [0.3, 0.4) is 0 Å². The van der Waals surface area contributed by atoms with E-state index in [2.05, 4.69) is 11.9 Å². The average molecular weight is 274 g/mol. The van der Waals surface area contributed by atoms with Crippen molar-refractivity contribution in [2.45, 2.75) is 26.7 Å². The molecule has 1 N–H and O–H groups in total. The van der Waals surface area contributed by atoms with Gasteiger partial charge in [-0.15, -0.1) is 6.58 Å². The molecule has 0 heterocycles. The molecule has 0 aromatic heterocycles. The van der Waals surface area contributed by atoms with Crippen molar-refractivity contribution >= 4 is 17.5 Å². The van der Waals surface area contributed by atoms with Gasteiger partial charge in [0.1, 0.15) is 0 Å². The molecule has 0 unspecified atom stereocenters. The van der Waals surface area contributed by atoms with Gasteiger partial charge >= 0.3 is 0 Å². The highest BCUT2D eigenvalue weighted by molar-refractivity contribution is 5.93. The minimum Gasteiger partial charge on any atom is -0.353 e. The Bertz CT molecular complexity index is 483. The largest absolute Gasteiger partial charge is 0.353 e. The molecule has 1 aromatic rings. The van der Waals surface area contributed by atoms with Gasteiger partial charge in [0, 0.05) is 32.1 Å². The zero-order valence-corrected chi connectivity index (χ0v) is 12.2. The van der Waals surface area contributed by atoms with Crippen LogP contribution in [0.15, 0.2) is 36.9 Å². The van der Waals surface area contributed by atoms with Crippen molar-refractivity contribution in [3.05, 3.63) is 42.5 Å². The third-order valence-electron chi connectivity index (χ3n) is 3.05. The summed E-state index contributed by atoms with van der Waals surface area (Å²) in [5, 5.41) is 2.71. The topological polar surface area (TPSA) is 49.4 Å². The van der Waals surface area contributed by atoms with Gasteiger partial charge < -0.3 is 10.2 Å². The summed E-state index contributed by atoms with van der Waals surface area (Å²) >= 11 is 0. The summed E-state index contributed by atoms with van der Waals surface area (Å²) in [6, 6.07) is 7.78. The Morgan fingerprint density at radius 2 is 2.05 bits per heavy atom. The van der Waals surface area contributed by atoms with Gasteiger partial charge in [-0.1, -0.05) is 31.2 Å². The van der Waals surface area contributed by atoms with E-state index in [1.54, 1.807) is 11.0 Å². The third kappa shape index (κ3) is 4.53. The fourth-order valence-electron chi connectivity index (χ4n) is 2.01. The number of nitrogens with one attached hydrogen (secondary N) is 1. The Morgan fingerprint density at radius 3 is 2.65 bits per heavy atom. The van der Waals surface area contributed by atoms with Gasteiger partial charge in [-0.25, -0.2) is 0 Å². The number of hydrogen-bond acceptors (Lipinski definition) is 2. The number of rotatable bonds is 7. The normalized spacial score (nSPS) is 9.90. The SMILES string of the molecule is C=CCNC(=O)CCN(C(C)=O)c1ccccc1CC. The molecule has 4 nitrogen and oxygen atoms in total. The Kier molecular flexibility index (Phi) is 6.50. The molecule has 0 aliphatic carbocycles. The lowest BCUT2D eigenvalue weighted by atomic mass is 10.1. The van der Waals surface area contributed by atoms with Crippen molar-refractivity contribution in [3.63, 3.8) is 0 Å². The number of hydrogen-bond donors (Lipinski definition) is 1. The Balaban J connectivity index is 2.77. The molecule has 20 heavy (non-hydrogen) atoms. The van der Waals surface area contributed by atoms with Gasteiger partial charge in [-0.3, -0.25) is 9.59 Å². The van der Waals surface area contributed by atoms with Crippen LogP contribution in [0.4, 0.5) is 5.69 Å². The maximum absolute atomic E-state index is 11.8. The van der Waals surface area contributed by atoms with Crippen molar-refractivity contribution in [1.82, 2.24) is 5.32 Å². The second-order valence-electron chi connectivity index (χ2n) is 4.50. The van der Waals surface area contributed by atoms with Crippen molar-refractivity contribution in [3.8, 4) is 0 Å². The Hall–Kier alpha value is -2.10. The lowest BCUT2D eigenvalue weighted by Crippen LogP contribution is -2.34. The summed E-state index contributed by atoms with van der Waals surface area (Å²) in [4.78, 5) is 25.1. The molecule has 1 aromatic carbocycles. The molecular weight excluding hydrogens is 252 g/mol. The van der Waals surface area contributed by atoms with Crippen molar-refractivity contribution in [2.75, 3.05) is 18.0 Å². The first-order chi connectivity index (χ1) is 9.60. The minimum absolute atomic E-state index is 0.0533. The molecule has 2 amide bonds. The number of aryl methyl sites for hydroxylation is 1. The van der Waals surface area contributed by atoms with Crippen LogP contribution < -0.4 is 10.2 Å². The van der Waals surface area contributed by atoms with E-state index in [0.717, 1.165) is 17.7 Å². The van der Waals surface area contributed by atoms with E-state index in [4.69, 9.17) is 0 Å². The lowest BCUT2D eigenvalue weighted by molar-refractivity contribution is -0.120. The van der Waals surface area contributed by atoms with Gasteiger partial charge in [0.05, 0.1) is 0 Å². The van der Waals surface area contributed by atoms with E-state index >= 15 is 0 Å². The standard InChI is InChI=1S/C16H22N2O2/c1-4-11-17-16(20)10-12-18(13(3)19)15-9-7-6-8-14(15)5-2/h4,6-9H,1,5,10-12H2,2-3H3,(H,17,20). The highest BCUT2D eigenvalue weighted by Gasteiger charge is 2.15. The van der Waals surface area contributed by atoms with Crippen LogP contribution in [-0.4, -0.2) is 24.9 Å². The second-order valence-corrected chi connectivity index (χ2v) is 4.50. The van der Waals surface area contributed by atoms with Crippen molar-refractivity contribution < 1.29 is 9.59 Å². The predicted octanol–water partition coefficient (Wildman–Crippen LogP) is 2.29. The van der Waals surface area contributed by atoms with E-state index in [-0.39, 0.29) is 18.2 Å². The molecule has 0 aliphatic rings. The molecule has 0 spiro atoms.